The number of ketones is 1. The van der Waals surface area contributed by atoms with Gasteiger partial charge in [0.15, 0.2) is 5.78 Å². The molecule has 0 aromatic heterocycles. The van der Waals surface area contributed by atoms with Gasteiger partial charge < -0.3 is 4.74 Å². The van der Waals surface area contributed by atoms with Crippen LogP contribution in [0.4, 0.5) is 0 Å². The highest BCUT2D eigenvalue weighted by molar-refractivity contribution is 5.79. The molecule has 0 N–H and O–H groups in total. The zero-order valence-electron chi connectivity index (χ0n) is 11.5. The van der Waals surface area contributed by atoms with Crippen molar-refractivity contribution >= 4 is 5.78 Å². The third-order valence-corrected chi connectivity index (χ3v) is 2.73. The van der Waals surface area contributed by atoms with Gasteiger partial charge >= 0.3 is 0 Å². The Morgan fingerprint density at radius 3 is 2.47 bits per heavy atom. The fourth-order valence-electron chi connectivity index (χ4n) is 1.63. The lowest BCUT2D eigenvalue weighted by Gasteiger charge is -2.23. The second-order valence-electron chi connectivity index (χ2n) is 5.43. The summed E-state index contributed by atoms with van der Waals surface area (Å²) in [5.41, 5.74) is 2.32. The highest BCUT2D eigenvalue weighted by Crippen LogP contribution is 2.32. The Bertz CT molecular complexity index is 400. The smallest absolute Gasteiger partial charge is 0.169 e. The number of benzene rings is 1. The molecule has 0 aliphatic carbocycles. The van der Waals surface area contributed by atoms with E-state index in [4.69, 9.17) is 4.74 Å². The maximum Gasteiger partial charge on any atom is 0.169 e. The number of aryl methyl sites for hydroxylation is 1. The Kier molecular flexibility index (Phi) is 4.33. The summed E-state index contributed by atoms with van der Waals surface area (Å²) in [6.07, 6.45) is 0.524. The third kappa shape index (κ3) is 3.88. The van der Waals surface area contributed by atoms with Crippen molar-refractivity contribution in [1.29, 1.82) is 0 Å². The van der Waals surface area contributed by atoms with Crippen LogP contribution < -0.4 is 4.74 Å². The molecule has 0 unspecified atom stereocenters. The number of Topliss-reactive ketones (excluding diaryl/α,β-unsaturated/α-hetero) is 1. The van der Waals surface area contributed by atoms with Crippen LogP contribution in [0.2, 0.25) is 0 Å². The van der Waals surface area contributed by atoms with Gasteiger partial charge in [-0.3, -0.25) is 4.79 Å². The van der Waals surface area contributed by atoms with Crippen LogP contribution >= 0.6 is 0 Å². The van der Waals surface area contributed by atoms with E-state index in [1.54, 1.807) is 0 Å². The third-order valence-electron chi connectivity index (χ3n) is 2.73. The molecule has 0 bridgehead atoms. The van der Waals surface area contributed by atoms with E-state index < -0.39 is 0 Å². The largest absolute Gasteiger partial charge is 0.486 e. The van der Waals surface area contributed by atoms with E-state index in [1.807, 2.05) is 19.9 Å². The number of hydrogen-bond donors (Lipinski definition) is 0. The summed E-state index contributed by atoms with van der Waals surface area (Å²) >= 11 is 0. The molecular weight excluding hydrogens is 212 g/mol. The van der Waals surface area contributed by atoms with Crippen LogP contribution in [0.15, 0.2) is 18.2 Å². The van der Waals surface area contributed by atoms with Crippen molar-refractivity contribution in [1.82, 2.24) is 0 Å². The first-order valence-corrected chi connectivity index (χ1v) is 6.10. The highest BCUT2D eigenvalue weighted by atomic mass is 16.5. The van der Waals surface area contributed by atoms with E-state index in [2.05, 4.69) is 32.9 Å². The number of ether oxygens (including phenoxy) is 1. The molecular formula is C15H22O2. The van der Waals surface area contributed by atoms with Gasteiger partial charge in [0.05, 0.1) is 0 Å². The molecule has 0 radical (unpaired) electrons. The highest BCUT2D eigenvalue weighted by Gasteiger charge is 2.19. The monoisotopic (exact) mass is 234 g/mol. The average molecular weight is 234 g/mol. The van der Waals surface area contributed by atoms with Crippen LogP contribution in [0.5, 0.6) is 5.75 Å². The summed E-state index contributed by atoms with van der Waals surface area (Å²) in [4.78, 5) is 11.3. The van der Waals surface area contributed by atoms with Crippen molar-refractivity contribution in [3.8, 4) is 5.75 Å². The Hall–Kier alpha value is -1.31. The first-order chi connectivity index (χ1) is 7.84. The molecule has 17 heavy (non-hydrogen) atoms. The summed E-state index contributed by atoms with van der Waals surface area (Å²) in [5.74, 6) is 0.964. The normalized spacial score (nSPS) is 11.4. The maximum atomic E-state index is 11.3. The SMILES string of the molecule is CCC(=O)COc1cc(C)ccc1C(C)(C)C. The van der Waals surface area contributed by atoms with Gasteiger partial charge in [-0.1, -0.05) is 39.8 Å². The molecule has 1 aromatic rings. The number of carbonyl (C=O) groups is 1. The minimum atomic E-state index is 0.0261. The predicted molar refractivity (Wildman–Crippen MR) is 70.7 cm³/mol. The molecule has 0 spiro atoms. The molecule has 0 amide bonds. The Labute approximate surface area is 104 Å². The minimum Gasteiger partial charge on any atom is -0.486 e. The van der Waals surface area contributed by atoms with Crippen LogP contribution in [0.1, 0.15) is 45.2 Å². The molecule has 2 nitrogen and oxygen atoms in total. The fourth-order valence-corrected chi connectivity index (χ4v) is 1.63. The number of carbonyl (C=O) groups excluding carboxylic acids is 1. The van der Waals surface area contributed by atoms with Crippen LogP contribution in [0.25, 0.3) is 0 Å². The van der Waals surface area contributed by atoms with E-state index in [-0.39, 0.29) is 17.8 Å². The summed E-state index contributed by atoms with van der Waals surface area (Å²) < 4.78 is 5.65. The first-order valence-electron chi connectivity index (χ1n) is 6.10. The van der Waals surface area contributed by atoms with E-state index in [1.165, 1.54) is 0 Å². The van der Waals surface area contributed by atoms with E-state index in [9.17, 15) is 4.79 Å². The summed E-state index contributed by atoms with van der Waals surface area (Å²) in [6, 6.07) is 6.17. The molecule has 0 saturated heterocycles. The summed E-state index contributed by atoms with van der Waals surface area (Å²) in [7, 11) is 0. The van der Waals surface area contributed by atoms with Gasteiger partial charge in [0.2, 0.25) is 0 Å². The Morgan fingerprint density at radius 1 is 1.29 bits per heavy atom. The van der Waals surface area contributed by atoms with Crippen molar-refractivity contribution in [2.24, 2.45) is 0 Å². The maximum absolute atomic E-state index is 11.3. The minimum absolute atomic E-state index is 0.0261. The van der Waals surface area contributed by atoms with Gasteiger partial charge in [0.25, 0.3) is 0 Å². The van der Waals surface area contributed by atoms with Crippen molar-refractivity contribution in [3.05, 3.63) is 29.3 Å². The topological polar surface area (TPSA) is 26.3 Å². The van der Waals surface area contributed by atoms with Gasteiger partial charge in [-0.25, -0.2) is 0 Å². The summed E-state index contributed by atoms with van der Waals surface area (Å²) in [5, 5.41) is 0. The molecule has 2 heteroatoms. The second-order valence-corrected chi connectivity index (χ2v) is 5.43. The number of hydrogen-bond acceptors (Lipinski definition) is 2. The van der Waals surface area contributed by atoms with Gasteiger partial charge in [-0.15, -0.1) is 0 Å². The molecule has 0 saturated carbocycles. The van der Waals surface area contributed by atoms with Crippen LogP contribution in [0.3, 0.4) is 0 Å². The quantitative estimate of drug-likeness (QED) is 0.795. The van der Waals surface area contributed by atoms with Crippen molar-refractivity contribution in [2.75, 3.05) is 6.61 Å². The van der Waals surface area contributed by atoms with E-state index in [0.717, 1.165) is 16.9 Å². The lowest BCUT2D eigenvalue weighted by atomic mass is 9.86. The van der Waals surface area contributed by atoms with Crippen molar-refractivity contribution in [3.63, 3.8) is 0 Å². The fraction of sp³-hybridized carbons (Fsp3) is 0.533. The molecule has 0 fully saturated rings. The first kappa shape index (κ1) is 13.8. The van der Waals surface area contributed by atoms with Crippen LogP contribution in [0, 0.1) is 6.92 Å². The summed E-state index contributed by atoms with van der Waals surface area (Å²) in [6.45, 7) is 10.5. The van der Waals surface area contributed by atoms with Gasteiger partial charge in [0, 0.05) is 6.42 Å². The molecule has 1 aromatic carbocycles. The van der Waals surface area contributed by atoms with Crippen LogP contribution in [-0.4, -0.2) is 12.4 Å². The lowest BCUT2D eigenvalue weighted by molar-refractivity contribution is -0.120. The van der Waals surface area contributed by atoms with Crippen LogP contribution in [-0.2, 0) is 10.2 Å². The molecule has 0 heterocycles. The lowest BCUT2D eigenvalue weighted by Crippen LogP contribution is -2.16. The molecule has 0 aliphatic rings. The van der Waals surface area contributed by atoms with E-state index >= 15 is 0 Å². The predicted octanol–water partition coefficient (Wildman–Crippen LogP) is 3.65. The molecule has 1 rings (SSSR count). The van der Waals surface area contributed by atoms with Gasteiger partial charge in [0.1, 0.15) is 12.4 Å². The zero-order chi connectivity index (χ0) is 13.1. The van der Waals surface area contributed by atoms with Gasteiger partial charge in [-0.05, 0) is 29.5 Å². The molecule has 94 valence electrons. The van der Waals surface area contributed by atoms with Crippen molar-refractivity contribution < 1.29 is 9.53 Å². The molecule has 0 aliphatic heterocycles. The second kappa shape index (κ2) is 5.35. The van der Waals surface area contributed by atoms with Gasteiger partial charge in [-0.2, -0.15) is 0 Å². The Morgan fingerprint density at radius 2 is 1.94 bits per heavy atom. The zero-order valence-corrected chi connectivity index (χ0v) is 11.5. The number of rotatable bonds is 4. The van der Waals surface area contributed by atoms with E-state index in [0.29, 0.717) is 6.42 Å². The Balaban J connectivity index is 2.96. The standard InChI is InChI=1S/C15H22O2/c1-6-12(16)10-17-14-9-11(2)7-8-13(14)15(3,4)5/h7-9H,6,10H2,1-5H3. The average Bonchev–Trinajstić information content (AvgIpc) is 2.24. The molecule has 0 atom stereocenters. The van der Waals surface area contributed by atoms with Crippen molar-refractivity contribution in [2.45, 2.75) is 46.5 Å².